The van der Waals surface area contributed by atoms with Gasteiger partial charge in [-0.05, 0) is 48.1 Å². The van der Waals surface area contributed by atoms with Crippen molar-refractivity contribution in [1.82, 2.24) is 10.2 Å². The number of amides is 2. The Kier molecular flexibility index (Phi) is 12.6. The van der Waals surface area contributed by atoms with Crippen molar-refractivity contribution in [2.45, 2.75) is 65.1 Å². The molecular weight excluding hydrogens is 613 g/mol. The molecule has 2 amide bonds. The first-order valence-corrected chi connectivity index (χ1v) is 14.3. The molecule has 6 N–H and O–H groups in total. The van der Waals surface area contributed by atoms with E-state index in [1.165, 1.54) is 13.1 Å². The number of Topliss-reactive ketones (excluding diaryl/α,β-unsaturated/α-hetero) is 1. The van der Waals surface area contributed by atoms with Crippen LogP contribution in [0.2, 0.25) is 0 Å². The summed E-state index contributed by atoms with van der Waals surface area (Å²) in [6.45, 7) is 8.57. The first kappa shape index (κ1) is 37.4. The summed E-state index contributed by atoms with van der Waals surface area (Å²) in [6, 6.07) is 6.55. The van der Waals surface area contributed by atoms with Gasteiger partial charge in [0, 0.05) is 36.7 Å². The van der Waals surface area contributed by atoms with Gasteiger partial charge in [0.05, 0.1) is 25.3 Å². The summed E-state index contributed by atoms with van der Waals surface area (Å²) in [7, 11) is 1.54. The number of ether oxygens (including phenoxy) is 2. The Balaban J connectivity index is 0.000000942. The molecule has 2 aromatic carbocycles. The maximum Gasteiger partial charge on any atom is 0.490 e. The summed E-state index contributed by atoms with van der Waals surface area (Å²) >= 11 is 0. The number of ketones is 1. The van der Waals surface area contributed by atoms with Crippen LogP contribution in [0.3, 0.4) is 0 Å². The predicted octanol–water partition coefficient (Wildman–Crippen LogP) is 4.14. The number of hydrogen-bond acceptors (Lipinski definition) is 8. The second kappa shape index (κ2) is 15.5. The number of nitrogens with two attached hydrogens (primary N) is 1. The van der Waals surface area contributed by atoms with Crippen molar-refractivity contribution in [3.8, 4) is 17.2 Å². The number of aromatic hydroxyl groups is 1. The van der Waals surface area contributed by atoms with Gasteiger partial charge >= 0.3 is 12.1 Å². The Bertz CT molecular complexity index is 1490. The quantitative estimate of drug-likeness (QED) is 0.166. The van der Waals surface area contributed by atoms with Crippen LogP contribution in [-0.2, 0) is 21.5 Å². The summed E-state index contributed by atoms with van der Waals surface area (Å²) in [4.78, 5) is 47.5. The molecule has 0 bridgehead atoms. The highest BCUT2D eigenvalue weighted by Crippen LogP contribution is 2.39. The van der Waals surface area contributed by atoms with Crippen LogP contribution >= 0.6 is 0 Å². The Hall–Kier alpha value is -4.82. The summed E-state index contributed by atoms with van der Waals surface area (Å²) in [5, 5.41) is 29.3. The topological polar surface area (TPSA) is 192 Å². The number of hydrogen-bond donors (Lipinski definition) is 5. The lowest BCUT2D eigenvalue weighted by atomic mass is 9.84. The van der Waals surface area contributed by atoms with Crippen LogP contribution in [0.1, 0.15) is 84.4 Å². The molecule has 252 valence electrons. The fourth-order valence-electron chi connectivity index (χ4n) is 4.35. The number of aliphatic carboxylic acids is 1. The van der Waals surface area contributed by atoms with Crippen LogP contribution in [0, 0.1) is 5.41 Å². The monoisotopic (exact) mass is 652 g/mol. The van der Waals surface area contributed by atoms with E-state index in [-0.39, 0.29) is 48.6 Å². The Labute approximate surface area is 264 Å². The molecule has 3 rings (SSSR count). The molecule has 0 aromatic heterocycles. The third-order valence-corrected chi connectivity index (χ3v) is 6.68. The fraction of sp³-hybridized carbons (Fsp3) is 0.452. The van der Waals surface area contributed by atoms with Gasteiger partial charge in [-0.3, -0.25) is 19.8 Å². The number of alkyl halides is 3. The third-order valence-electron chi connectivity index (χ3n) is 6.68. The number of carboxylic acids is 1. The van der Waals surface area contributed by atoms with Crippen molar-refractivity contribution in [3.63, 3.8) is 0 Å². The normalized spacial score (nSPS) is 12.5. The first-order chi connectivity index (χ1) is 21.3. The van der Waals surface area contributed by atoms with Gasteiger partial charge in [-0.1, -0.05) is 27.7 Å². The third kappa shape index (κ3) is 9.84. The number of carboxylic acid groups (broad SMARTS) is 1. The largest absolute Gasteiger partial charge is 0.504 e. The number of halogens is 3. The molecule has 0 unspecified atom stereocenters. The number of carbonyl (C=O) groups is 4. The van der Waals surface area contributed by atoms with E-state index < -0.39 is 23.5 Å². The van der Waals surface area contributed by atoms with E-state index in [4.69, 9.17) is 30.5 Å². The van der Waals surface area contributed by atoms with E-state index in [2.05, 4.69) is 5.32 Å². The number of benzene rings is 2. The Morgan fingerprint density at radius 3 is 2.17 bits per heavy atom. The number of fused-ring (bicyclic) bond motifs is 1. The van der Waals surface area contributed by atoms with Crippen molar-refractivity contribution >= 4 is 29.4 Å². The van der Waals surface area contributed by atoms with E-state index in [9.17, 15) is 32.7 Å². The number of amidine groups is 1. The molecule has 1 aliphatic heterocycles. The summed E-state index contributed by atoms with van der Waals surface area (Å²) in [5.74, 6) is -3.08. The van der Waals surface area contributed by atoms with Gasteiger partial charge in [0.25, 0.3) is 5.91 Å². The molecule has 0 saturated carbocycles. The van der Waals surface area contributed by atoms with E-state index >= 15 is 0 Å². The zero-order chi connectivity index (χ0) is 35.0. The zero-order valence-corrected chi connectivity index (χ0v) is 26.3. The Morgan fingerprint density at radius 1 is 1.04 bits per heavy atom. The lowest BCUT2D eigenvalue weighted by molar-refractivity contribution is -0.192. The summed E-state index contributed by atoms with van der Waals surface area (Å²) in [6.07, 6.45) is -3.78. The molecule has 0 spiro atoms. The van der Waals surface area contributed by atoms with Gasteiger partial charge < -0.3 is 35.6 Å². The van der Waals surface area contributed by atoms with Crippen LogP contribution in [0.15, 0.2) is 24.3 Å². The molecule has 1 aliphatic rings. The second-order valence-electron chi connectivity index (χ2n) is 11.4. The minimum atomic E-state index is -5.08. The van der Waals surface area contributed by atoms with Gasteiger partial charge in [-0.2, -0.15) is 13.2 Å². The highest BCUT2D eigenvalue weighted by molar-refractivity contribution is 6.07. The first-order valence-electron chi connectivity index (χ1n) is 14.3. The lowest BCUT2D eigenvalue weighted by Crippen LogP contribution is -2.30. The smallest absolute Gasteiger partial charge is 0.490 e. The molecule has 0 aliphatic carbocycles. The van der Waals surface area contributed by atoms with Crippen molar-refractivity contribution in [2.75, 3.05) is 26.8 Å². The standard InChI is InChI=1S/C29H38N4O6.C2HF3O2/c1-6-9-38-23-13-18-15-33(27(31)19(18)14-20(23)28(37)32-5)16-22(34)17-11-21(29(2,3)4)26(36)24(12-17)39-10-7-8-25(30)35;3-2(4,5)1(6)7/h11-14,31,36H,6-10,15-16H2,1-5H3,(H2,30,35)(H,32,37);(H,6,7). The fourth-order valence-corrected chi connectivity index (χ4v) is 4.35. The molecule has 15 heteroatoms. The van der Waals surface area contributed by atoms with Gasteiger partial charge in [-0.25, -0.2) is 4.79 Å². The molecule has 2 aromatic rings. The average molecular weight is 653 g/mol. The number of nitrogens with one attached hydrogen (secondary N) is 2. The minimum absolute atomic E-state index is 0.0548. The molecule has 0 fully saturated rings. The molecule has 1 heterocycles. The van der Waals surface area contributed by atoms with Crippen LogP contribution in [0.4, 0.5) is 13.2 Å². The second-order valence-corrected chi connectivity index (χ2v) is 11.4. The highest BCUT2D eigenvalue weighted by atomic mass is 19.4. The number of primary amides is 1. The van der Waals surface area contributed by atoms with Crippen molar-refractivity contribution in [2.24, 2.45) is 5.73 Å². The number of rotatable bonds is 12. The van der Waals surface area contributed by atoms with Crippen LogP contribution in [0.25, 0.3) is 0 Å². The average Bonchev–Trinajstić information content (AvgIpc) is 3.26. The number of phenols is 1. The van der Waals surface area contributed by atoms with Gasteiger partial charge in [-0.15, -0.1) is 0 Å². The van der Waals surface area contributed by atoms with Gasteiger partial charge in [0.2, 0.25) is 5.91 Å². The molecule has 12 nitrogen and oxygen atoms in total. The number of nitrogens with zero attached hydrogens (tertiary/aromatic N) is 1. The lowest BCUT2D eigenvalue weighted by Gasteiger charge is -2.24. The van der Waals surface area contributed by atoms with Crippen molar-refractivity contribution < 1.29 is 52.0 Å². The Morgan fingerprint density at radius 2 is 1.65 bits per heavy atom. The van der Waals surface area contributed by atoms with Gasteiger partial charge in [0.1, 0.15) is 11.6 Å². The predicted molar refractivity (Wildman–Crippen MR) is 162 cm³/mol. The highest BCUT2D eigenvalue weighted by Gasteiger charge is 2.38. The molecular formula is C31H39F3N4O8. The van der Waals surface area contributed by atoms with Crippen LogP contribution < -0.4 is 20.5 Å². The van der Waals surface area contributed by atoms with Crippen LogP contribution in [0.5, 0.6) is 17.2 Å². The van der Waals surface area contributed by atoms with Gasteiger partial charge in [0.15, 0.2) is 17.3 Å². The minimum Gasteiger partial charge on any atom is -0.504 e. The molecule has 46 heavy (non-hydrogen) atoms. The van der Waals surface area contributed by atoms with Crippen molar-refractivity contribution in [1.29, 1.82) is 5.41 Å². The van der Waals surface area contributed by atoms with Crippen molar-refractivity contribution in [3.05, 3.63) is 52.1 Å². The SMILES string of the molecule is CCCOc1cc2c(cc1C(=O)NC)C(=N)N(CC(=O)c1cc(OCCCC(N)=O)c(O)c(C(C)(C)C)c1)C2.O=C(O)C(F)(F)F. The van der Waals surface area contributed by atoms with E-state index in [0.717, 1.165) is 12.0 Å². The molecule has 0 atom stereocenters. The van der Waals surface area contributed by atoms with Crippen LogP contribution in [-0.4, -0.2) is 77.5 Å². The molecule has 0 radical (unpaired) electrons. The van der Waals surface area contributed by atoms with E-state index in [1.54, 1.807) is 23.1 Å². The van der Waals surface area contributed by atoms with E-state index in [1.807, 2.05) is 27.7 Å². The maximum absolute atomic E-state index is 13.5. The molecule has 0 saturated heterocycles. The van der Waals surface area contributed by atoms with E-state index in [0.29, 0.717) is 47.6 Å². The summed E-state index contributed by atoms with van der Waals surface area (Å²) in [5.41, 5.74) is 7.31. The number of phenolic OH excluding ortho intramolecular Hbond substituents is 1. The number of carbonyl (C=O) groups excluding carboxylic acids is 3. The zero-order valence-electron chi connectivity index (χ0n) is 26.3. The maximum atomic E-state index is 13.5. The summed E-state index contributed by atoms with van der Waals surface area (Å²) < 4.78 is 43.3.